The number of pyridine rings is 1. The van der Waals surface area contributed by atoms with Gasteiger partial charge in [0, 0.05) is 14.1 Å². The quantitative estimate of drug-likeness (QED) is 0.711. The molecule has 70 valence electrons. The topological polar surface area (TPSA) is 53.4 Å². The number of rotatable bonds is 2. The van der Waals surface area contributed by atoms with Crippen LogP contribution in [0.25, 0.3) is 0 Å². The standard InChI is InChI=1S/C9H12N2O2/c1-11(2)9(13)8-5-3-4-7(6-12)10-8/h3-5,12H,6H2,1-2H3. The van der Waals surface area contributed by atoms with Gasteiger partial charge in [-0.25, -0.2) is 4.98 Å². The van der Waals surface area contributed by atoms with E-state index in [1.54, 1.807) is 32.3 Å². The number of aromatic nitrogens is 1. The molecule has 0 unspecified atom stereocenters. The lowest BCUT2D eigenvalue weighted by Gasteiger charge is -2.09. The van der Waals surface area contributed by atoms with E-state index in [9.17, 15) is 4.79 Å². The summed E-state index contributed by atoms with van der Waals surface area (Å²) in [6, 6.07) is 5.00. The van der Waals surface area contributed by atoms with Crippen LogP contribution in [0.15, 0.2) is 18.2 Å². The largest absolute Gasteiger partial charge is 0.390 e. The normalized spacial score (nSPS) is 9.77. The molecule has 0 aliphatic rings. The van der Waals surface area contributed by atoms with Gasteiger partial charge in [-0.3, -0.25) is 4.79 Å². The highest BCUT2D eigenvalue weighted by Gasteiger charge is 2.08. The molecule has 0 aliphatic heterocycles. The molecule has 0 spiro atoms. The molecular weight excluding hydrogens is 168 g/mol. The van der Waals surface area contributed by atoms with Crippen LogP contribution in [0.2, 0.25) is 0 Å². The molecule has 1 N–H and O–H groups in total. The molecule has 0 aliphatic carbocycles. The molecule has 0 atom stereocenters. The molecule has 0 saturated heterocycles. The third-order valence-corrected chi connectivity index (χ3v) is 1.59. The Hall–Kier alpha value is -1.42. The number of carbonyl (C=O) groups is 1. The summed E-state index contributed by atoms with van der Waals surface area (Å²) in [5, 5.41) is 8.80. The molecule has 1 aromatic rings. The van der Waals surface area contributed by atoms with E-state index < -0.39 is 0 Å². The maximum Gasteiger partial charge on any atom is 0.271 e. The van der Waals surface area contributed by atoms with Crippen molar-refractivity contribution in [2.24, 2.45) is 0 Å². The minimum Gasteiger partial charge on any atom is -0.390 e. The summed E-state index contributed by atoms with van der Waals surface area (Å²) in [7, 11) is 3.32. The zero-order valence-electron chi connectivity index (χ0n) is 7.69. The Morgan fingerprint density at radius 2 is 2.23 bits per heavy atom. The second-order valence-electron chi connectivity index (χ2n) is 2.87. The molecule has 1 aromatic heterocycles. The van der Waals surface area contributed by atoms with Crippen LogP contribution in [0.4, 0.5) is 0 Å². The van der Waals surface area contributed by atoms with Gasteiger partial charge in [-0.2, -0.15) is 0 Å². The molecule has 13 heavy (non-hydrogen) atoms. The van der Waals surface area contributed by atoms with Crippen molar-refractivity contribution >= 4 is 5.91 Å². The van der Waals surface area contributed by atoms with Crippen LogP contribution in [-0.2, 0) is 6.61 Å². The van der Waals surface area contributed by atoms with Crippen LogP contribution < -0.4 is 0 Å². The number of aliphatic hydroxyl groups is 1. The highest BCUT2D eigenvalue weighted by Crippen LogP contribution is 2.01. The Bertz CT molecular complexity index is 310. The number of hydrogen-bond acceptors (Lipinski definition) is 3. The van der Waals surface area contributed by atoms with Crippen molar-refractivity contribution < 1.29 is 9.90 Å². The van der Waals surface area contributed by atoms with Gasteiger partial charge in [-0.1, -0.05) is 6.07 Å². The van der Waals surface area contributed by atoms with Crippen LogP contribution in [0.5, 0.6) is 0 Å². The highest BCUT2D eigenvalue weighted by atomic mass is 16.3. The number of aliphatic hydroxyl groups excluding tert-OH is 1. The maximum absolute atomic E-state index is 11.4. The van der Waals surface area contributed by atoms with E-state index in [0.717, 1.165) is 0 Å². The monoisotopic (exact) mass is 180 g/mol. The molecule has 4 heteroatoms. The first-order valence-electron chi connectivity index (χ1n) is 3.93. The van der Waals surface area contributed by atoms with Crippen molar-refractivity contribution in [3.8, 4) is 0 Å². The third-order valence-electron chi connectivity index (χ3n) is 1.59. The lowest BCUT2D eigenvalue weighted by molar-refractivity contribution is 0.0821. The second-order valence-corrected chi connectivity index (χ2v) is 2.87. The zero-order chi connectivity index (χ0) is 9.84. The molecule has 0 fully saturated rings. The van der Waals surface area contributed by atoms with E-state index in [2.05, 4.69) is 4.98 Å². The molecule has 0 saturated carbocycles. The average Bonchev–Trinajstić information content (AvgIpc) is 2.16. The summed E-state index contributed by atoms with van der Waals surface area (Å²) in [6.07, 6.45) is 0. The minimum atomic E-state index is -0.157. The molecule has 1 amide bonds. The Labute approximate surface area is 76.8 Å². The first kappa shape index (κ1) is 9.67. The van der Waals surface area contributed by atoms with Crippen LogP contribution >= 0.6 is 0 Å². The Morgan fingerprint density at radius 1 is 1.54 bits per heavy atom. The van der Waals surface area contributed by atoms with Gasteiger partial charge in [0.25, 0.3) is 5.91 Å². The summed E-state index contributed by atoms with van der Waals surface area (Å²) in [5.41, 5.74) is 0.865. The highest BCUT2D eigenvalue weighted by molar-refractivity contribution is 5.91. The summed E-state index contributed by atoms with van der Waals surface area (Å²) < 4.78 is 0. The number of amides is 1. The predicted molar refractivity (Wildman–Crippen MR) is 48.2 cm³/mol. The Morgan fingerprint density at radius 3 is 2.77 bits per heavy atom. The Balaban J connectivity index is 2.95. The predicted octanol–water partition coefficient (Wildman–Crippen LogP) is 0.276. The molecular formula is C9H12N2O2. The van der Waals surface area contributed by atoms with Crippen LogP contribution in [0, 0.1) is 0 Å². The lowest BCUT2D eigenvalue weighted by Crippen LogP contribution is -2.23. The van der Waals surface area contributed by atoms with E-state index in [4.69, 9.17) is 5.11 Å². The van der Waals surface area contributed by atoms with Crippen molar-refractivity contribution in [2.45, 2.75) is 6.61 Å². The van der Waals surface area contributed by atoms with Crippen LogP contribution in [0.3, 0.4) is 0 Å². The fourth-order valence-corrected chi connectivity index (χ4v) is 0.916. The Kier molecular flexibility index (Phi) is 2.97. The molecule has 0 bridgehead atoms. The number of nitrogens with zero attached hydrogens (tertiary/aromatic N) is 2. The molecule has 1 rings (SSSR count). The fraction of sp³-hybridized carbons (Fsp3) is 0.333. The fourth-order valence-electron chi connectivity index (χ4n) is 0.916. The first-order chi connectivity index (χ1) is 6.15. The molecule has 4 nitrogen and oxygen atoms in total. The number of carbonyl (C=O) groups excluding carboxylic acids is 1. The zero-order valence-corrected chi connectivity index (χ0v) is 7.69. The van der Waals surface area contributed by atoms with E-state index in [1.165, 1.54) is 4.90 Å². The van der Waals surface area contributed by atoms with Gasteiger partial charge in [0.15, 0.2) is 0 Å². The summed E-state index contributed by atoms with van der Waals surface area (Å²) in [6.45, 7) is -0.144. The van der Waals surface area contributed by atoms with Gasteiger partial charge >= 0.3 is 0 Å². The SMILES string of the molecule is CN(C)C(=O)c1cccc(CO)n1. The smallest absolute Gasteiger partial charge is 0.271 e. The van der Waals surface area contributed by atoms with Crippen molar-refractivity contribution in [3.63, 3.8) is 0 Å². The van der Waals surface area contributed by atoms with Crippen molar-refractivity contribution in [3.05, 3.63) is 29.6 Å². The summed E-state index contributed by atoms with van der Waals surface area (Å²) in [5.74, 6) is -0.157. The van der Waals surface area contributed by atoms with Gasteiger partial charge in [-0.05, 0) is 12.1 Å². The molecule has 0 aromatic carbocycles. The molecule has 1 heterocycles. The van der Waals surface area contributed by atoms with Crippen molar-refractivity contribution in [1.82, 2.24) is 9.88 Å². The van der Waals surface area contributed by atoms with Gasteiger partial charge in [0.1, 0.15) is 5.69 Å². The summed E-state index contributed by atoms with van der Waals surface area (Å²) >= 11 is 0. The van der Waals surface area contributed by atoms with Crippen LogP contribution in [0.1, 0.15) is 16.2 Å². The van der Waals surface area contributed by atoms with Crippen molar-refractivity contribution in [1.29, 1.82) is 0 Å². The minimum absolute atomic E-state index is 0.144. The second kappa shape index (κ2) is 4.00. The van der Waals surface area contributed by atoms with E-state index in [-0.39, 0.29) is 12.5 Å². The van der Waals surface area contributed by atoms with Crippen LogP contribution in [-0.4, -0.2) is 35.0 Å². The first-order valence-corrected chi connectivity index (χ1v) is 3.93. The average molecular weight is 180 g/mol. The van der Waals surface area contributed by atoms with Gasteiger partial charge in [0.2, 0.25) is 0 Å². The lowest BCUT2D eigenvalue weighted by atomic mass is 10.3. The third kappa shape index (κ3) is 2.26. The van der Waals surface area contributed by atoms with E-state index in [1.807, 2.05) is 0 Å². The van der Waals surface area contributed by atoms with Crippen molar-refractivity contribution in [2.75, 3.05) is 14.1 Å². The van der Waals surface area contributed by atoms with Gasteiger partial charge < -0.3 is 10.0 Å². The summed E-state index contributed by atoms with van der Waals surface area (Å²) in [4.78, 5) is 16.8. The van der Waals surface area contributed by atoms with Gasteiger partial charge in [-0.15, -0.1) is 0 Å². The molecule has 0 radical (unpaired) electrons. The number of hydrogen-bond donors (Lipinski definition) is 1. The van der Waals surface area contributed by atoms with E-state index in [0.29, 0.717) is 11.4 Å². The van der Waals surface area contributed by atoms with Gasteiger partial charge in [0.05, 0.1) is 12.3 Å². The van der Waals surface area contributed by atoms with E-state index >= 15 is 0 Å². The maximum atomic E-state index is 11.4.